The van der Waals surface area contributed by atoms with Gasteiger partial charge in [0.05, 0.1) is 5.56 Å². The van der Waals surface area contributed by atoms with Gasteiger partial charge in [-0.05, 0) is 36.0 Å². The fraction of sp³-hybridized carbons (Fsp3) is 0.429. The largest absolute Gasteiger partial charge is 0.478 e. The number of aromatic carboxylic acids is 1. The van der Waals surface area contributed by atoms with Crippen molar-refractivity contribution in [1.82, 2.24) is 5.32 Å². The molecule has 1 aromatic rings. The molecule has 1 saturated carbocycles. The van der Waals surface area contributed by atoms with Crippen LogP contribution in [-0.4, -0.2) is 23.5 Å². The van der Waals surface area contributed by atoms with E-state index >= 15 is 0 Å². The van der Waals surface area contributed by atoms with E-state index in [1.165, 1.54) is 12.1 Å². The second-order valence-corrected chi connectivity index (χ2v) is 5.49. The lowest BCUT2D eigenvalue weighted by molar-refractivity contribution is 0.0697. The third-order valence-electron chi connectivity index (χ3n) is 3.60. The summed E-state index contributed by atoms with van der Waals surface area (Å²) in [6.07, 6.45) is 1.13. The van der Waals surface area contributed by atoms with Crippen molar-refractivity contribution in [1.29, 1.82) is 0 Å². The zero-order valence-electron chi connectivity index (χ0n) is 10.6. The van der Waals surface area contributed by atoms with Crippen molar-refractivity contribution in [2.45, 2.75) is 20.3 Å². The van der Waals surface area contributed by atoms with Crippen LogP contribution >= 0.6 is 0 Å². The van der Waals surface area contributed by atoms with Gasteiger partial charge >= 0.3 is 5.97 Å². The van der Waals surface area contributed by atoms with Crippen molar-refractivity contribution < 1.29 is 14.7 Å². The first-order valence-electron chi connectivity index (χ1n) is 6.02. The molecule has 0 radical (unpaired) electrons. The van der Waals surface area contributed by atoms with E-state index < -0.39 is 5.97 Å². The van der Waals surface area contributed by atoms with E-state index in [1.807, 2.05) is 0 Å². The predicted molar refractivity (Wildman–Crippen MR) is 67.6 cm³/mol. The van der Waals surface area contributed by atoms with E-state index in [2.05, 4.69) is 19.2 Å². The Balaban J connectivity index is 1.96. The Kier molecular flexibility index (Phi) is 3.11. The molecule has 1 aliphatic carbocycles. The number of carboxylic acids is 1. The average molecular weight is 247 g/mol. The van der Waals surface area contributed by atoms with Crippen molar-refractivity contribution in [3.63, 3.8) is 0 Å². The van der Waals surface area contributed by atoms with E-state index in [-0.39, 0.29) is 11.5 Å². The summed E-state index contributed by atoms with van der Waals surface area (Å²) in [5, 5.41) is 11.7. The van der Waals surface area contributed by atoms with Crippen LogP contribution < -0.4 is 5.32 Å². The van der Waals surface area contributed by atoms with Gasteiger partial charge in [0.1, 0.15) is 0 Å². The molecular formula is C14H17NO3. The summed E-state index contributed by atoms with van der Waals surface area (Å²) in [5.41, 5.74) is 0.860. The van der Waals surface area contributed by atoms with Gasteiger partial charge < -0.3 is 10.4 Å². The SMILES string of the molecule is CC1(C)CC1CNC(=O)c1cccc(C(=O)O)c1. The van der Waals surface area contributed by atoms with Gasteiger partial charge in [0.25, 0.3) is 5.91 Å². The van der Waals surface area contributed by atoms with Crippen LogP contribution in [0.5, 0.6) is 0 Å². The maximum Gasteiger partial charge on any atom is 0.335 e. The number of hydrogen-bond donors (Lipinski definition) is 2. The molecule has 4 heteroatoms. The molecule has 2 rings (SSSR count). The number of nitrogens with one attached hydrogen (secondary N) is 1. The third kappa shape index (κ3) is 2.70. The molecule has 0 bridgehead atoms. The highest BCUT2D eigenvalue weighted by atomic mass is 16.4. The smallest absolute Gasteiger partial charge is 0.335 e. The summed E-state index contributed by atoms with van der Waals surface area (Å²) >= 11 is 0. The molecule has 0 aromatic heterocycles. The van der Waals surface area contributed by atoms with Crippen LogP contribution in [0.25, 0.3) is 0 Å². The monoisotopic (exact) mass is 247 g/mol. The number of carbonyl (C=O) groups is 2. The summed E-state index contributed by atoms with van der Waals surface area (Å²) in [7, 11) is 0. The van der Waals surface area contributed by atoms with E-state index in [9.17, 15) is 9.59 Å². The molecule has 0 saturated heterocycles. The Labute approximate surface area is 106 Å². The molecule has 2 N–H and O–H groups in total. The molecule has 96 valence electrons. The Morgan fingerprint density at radius 3 is 2.56 bits per heavy atom. The van der Waals surface area contributed by atoms with E-state index in [4.69, 9.17) is 5.11 Å². The molecule has 1 aliphatic rings. The second kappa shape index (κ2) is 4.44. The molecule has 18 heavy (non-hydrogen) atoms. The highest BCUT2D eigenvalue weighted by Crippen LogP contribution is 2.50. The van der Waals surface area contributed by atoms with Crippen molar-refractivity contribution in [3.05, 3.63) is 35.4 Å². The fourth-order valence-corrected chi connectivity index (χ4v) is 2.04. The van der Waals surface area contributed by atoms with Crippen LogP contribution in [0.15, 0.2) is 24.3 Å². The lowest BCUT2D eigenvalue weighted by atomic mass is 10.1. The Hall–Kier alpha value is -1.84. The maximum absolute atomic E-state index is 11.9. The molecular weight excluding hydrogens is 230 g/mol. The van der Waals surface area contributed by atoms with Crippen molar-refractivity contribution in [3.8, 4) is 0 Å². The summed E-state index contributed by atoms with van der Waals surface area (Å²) in [4.78, 5) is 22.7. The highest BCUT2D eigenvalue weighted by Gasteiger charge is 2.45. The van der Waals surface area contributed by atoms with Gasteiger partial charge in [-0.2, -0.15) is 0 Å². The highest BCUT2D eigenvalue weighted by molar-refractivity contribution is 5.97. The van der Waals surface area contributed by atoms with E-state index in [0.717, 1.165) is 6.42 Å². The standard InChI is InChI=1S/C14H17NO3/c1-14(2)7-11(14)8-15-12(16)9-4-3-5-10(6-9)13(17)18/h3-6,11H,7-8H2,1-2H3,(H,15,16)(H,17,18). The molecule has 0 spiro atoms. The molecule has 1 unspecified atom stereocenters. The Bertz CT molecular complexity index is 494. The van der Waals surface area contributed by atoms with Crippen molar-refractivity contribution in [2.75, 3.05) is 6.54 Å². The number of carboxylic acid groups (broad SMARTS) is 1. The van der Waals surface area contributed by atoms with Gasteiger partial charge in [-0.15, -0.1) is 0 Å². The minimum absolute atomic E-state index is 0.134. The lowest BCUT2D eigenvalue weighted by Crippen LogP contribution is -2.26. The Morgan fingerprint density at radius 1 is 1.39 bits per heavy atom. The van der Waals surface area contributed by atoms with Gasteiger partial charge in [-0.25, -0.2) is 4.79 Å². The molecule has 1 aromatic carbocycles. The third-order valence-corrected chi connectivity index (χ3v) is 3.60. The second-order valence-electron chi connectivity index (χ2n) is 5.49. The predicted octanol–water partition coefficient (Wildman–Crippen LogP) is 2.16. The number of rotatable bonds is 4. The van der Waals surface area contributed by atoms with Crippen LogP contribution in [-0.2, 0) is 0 Å². The van der Waals surface area contributed by atoms with Crippen LogP contribution in [0.3, 0.4) is 0 Å². The molecule has 0 heterocycles. The van der Waals surface area contributed by atoms with E-state index in [0.29, 0.717) is 23.4 Å². The first kappa shape index (κ1) is 12.6. The summed E-state index contributed by atoms with van der Waals surface area (Å²) in [5.74, 6) is -0.696. The zero-order valence-corrected chi connectivity index (χ0v) is 10.6. The molecule has 4 nitrogen and oxygen atoms in total. The number of amides is 1. The van der Waals surface area contributed by atoms with Gasteiger partial charge in [-0.1, -0.05) is 19.9 Å². The van der Waals surface area contributed by atoms with Crippen LogP contribution in [0.2, 0.25) is 0 Å². The van der Waals surface area contributed by atoms with Gasteiger partial charge in [-0.3, -0.25) is 4.79 Å². The number of benzene rings is 1. The number of carbonyl (C=O) groups excluding carboxylic acids is 1. The van der Waals surface area contributed by atoms with Gasteiger partial charge in [0, 0.05) is 12.1 Å². The minimum Gasteiger partial charge on any atom is -0.478 e. The first-order chi connectivity index (χ1) is 8.40. The number of hydrogen-bond acceptors (Lipinski definition) is 2. The molecule has 1 atom stereocenters. The van der Waals surface area contributed by atoms with Gasteiger partial charge in [0.15, 0.2) is 0 Å². The summed E-state index contributed by atoms with van der Waals surface area (Å²) in [6, 6.07) is 6.08. The average Bonchev–Trinajstić information content (AvgIpc) is 2.94. The van der Waals surface area contributed by atoms with Gasteiger partial charge in [0.2, 0.25) is 0 Å². The normalized spacial score (nSPS) is 20.2. The topological polar surface area (TPSA) is 66.4 Å². The van der Waals surface area contributed by atoms with Crippen molar-refractivity contribution >= 4 is 11.9 Å². The van der Waals surface area contributed by atoms with Crippen LogP contribution in [0.4, 0.5) is 0 Å². The molecule has 1 amide bonds. The van der Waals surface area contributed by atoms with E-state index in [1.54, 1.807) is 12.1 Å². The molecule has 0 aliphatic heterocycles. The maximum atomic E-state index is 11.9. The van der Waals surface area contributed by atoms with Crippen LogP contribution in [0.1, 0.15) is 41.0 Å². The van der Waals surface area contributed by atoms with Crippen LogP contribution in [0, 0.1) is 11.3 Å². The lowest BCUT2D eigenvalue weighted by Gasteiger charge is -2.07. The summed E-state index contributed by atoms with van der Waals surface area (Å²) < 4.78 is 0. The quantitative estimate of drug-likeness (QED) is 0.856. The fourth-order valence-electron chi connectivity index (χ4n) is 2.04. The minimum atomic E-state index is -1.02. The summed E-state index contributed by atoms with van der Waals surface area (Å²) in [6.45, 7) is 5.01. The Morgan fingerprint density at radius 2 is 2.00 bits per heavy atom. The van der Waals surface area contributed by atoms with Crippen molar-refractivity contribution in [2.24, 2.45) is 11.3 Å². The first-order valence-corrected chi connectivity index (χ1v) is 6.02. The molecule has 1 fully saturated rings. The zero-order chi connectivity index (χ0) is 13.3.